The molecule has 0 saturated heterocycles. The molecule has 0 radical (unpaired) electrons. The first-order valence-corrected chi connectivity index (χ1v) is 10.1. The second kappa shape index (κ2) is 7.87. The standard InChI is InChI=1S/C20H21BrN4O3/c1-12-9-23-20(24-10-12)28-15-5-3-14(4-6-15)27-17-8-13(21)7-16-19(17)25(2)18(26)11-22-16/h7-11,14-15H,3-6H2,1-2H3/t14-,15+. The maximum atomic E-state index is 12.0. The van der Waals surface area contributed by atoms with Crippen LogP contribution in [-0.2, 0) is 7.05 Å². The lowest BCUT2D eigenvalue weighted by atomic mass is 9.95. The summed E-state index contributed by atoms with van der Waals surface area (Å²) < 4.78 is 14.6. The molecule has 1 aromatic carbocycles. The molecule has 1 aliphatic rings. The van der Waals surface area contributed by atoms with Gasteiger partial charge in [0.05, 0.1) is 17.8 Å². The van der Waals surface area contributed by atoms with E-state index in [0.29, 0.717) is 17.3 Å². The van der Waals surface area contributed by atoms with Crippen LogP contribution in [0.15, 0.2) is 40.0 Å². The van der Waals surface area contributed by atoms with Crippen molar-refractivity contribution in [3.05, 3.63) is 51.1 Å². The summed E-state index contributed by atoms with van der Waals surface area (Å²) in [6, 6.07) is 4.20. The lowest BCUT2D eigenvalue weighted by Gasteiger charge is -2.29. The van der Waals surface area contributed by atoms with Crippen molar-refractivity contribution in [1.82, 2.24) is 19.5 Å². The van der Waals surface area contributed by atoms with Crippen LogP contribution in [0.1, 0.15) is 31.2 Å². The molecule has 4 rings (SSSR count). The van der Waals surface area contributed by atoms with Gasteiger partial charge < -0.3 is 14.0 Å². The molecule has 0 atom stereocenters. The number of ether oxygens (including phenoxy) is 2. The molecule has 1 fully saturated rings. The van der Waals surface area contributed by atoms with E-state index in [0.717, 1.165) is 41.2 Å². The van der Waals surface area contributed by atoms with Crippen molar-refractivity contribution in [3.63, 3.8) is 0 Å². The maximum absolute atomic E-state index is 12.0. The molecule has 1 aliphatic carbocycles. The Hall–Kier alpha value is -2.48. The van der Waals surface area contributed by atoms with Gasteiger partial charge in [0.2, 0.25) is 0 Å². The number of nitrogens with zero attached hydrogens (tertiary/aromatic N) is 4. The Morgan fingerprint density at radius 2 is 1.64 bits per heavy atom. The first-order chi connectivity index (χ1) is 13.5. The molecule has 28 heavy (non-hydrogen) atoms. The minimum atomic E-state index is -0.158. The van der Waals surface area contributed by atoms with Gasteiger partial charge in [-0.1, -0.05) is 15.9 Å². The fourth-order valence-electron chi connectivity index (χ4n) is 3.45. The highest BCUT2D eigenvalue weighted by Crippen LogP contribution is 2.32. The van der Waals surface area contributed by atoms with Crippen molar-refractivity contribution >= 4 is 27.0 Å². The Morgan fingerprint density at radius 1 is 1.00 bits per heavy atom. The van der Waals surface area contributed by atoms with E-state index in [9.17, 15) is 4.79 Å². The van der Waals surface area contributed by atoms with Crippen molar-refractivity contribution in [2.75, 3.05) is 0 Å². The van der Waals surface area contributed by atoms with E-state index in [2.05, 4.69) is 30.9 Å². The van der Waals surface area contributed by atoms with Crippen molar-refractivity contribution in [3.8, 4) is 11.8 Å². The largest absolute Gasteiger partial charge is 0.488 e. The lowest BCUT2D eigenvalue weighted by Crippen LogP contribution is -2.30. The van der Waals surface area contributed by atoms with Gasteiger partial charge in [0.25, 0.3) is 5.56 Å². The number of hydrogen-bond donors (Lipinski definition) is 0. The van der Waals surface area contributed by atoms with Crippen molar-refractivity contribution in [1.29, 1.82) is 0 Å². The molecular formula is C20H21BrN4O3. The smallest absolute Gasteiger partial charge is 0.316 e. The third-order valence-electron chi connectivity index (χ3n) is 4.94. The fraction of sp³-hybridized carbons (Fsp3) is 0.400. The quantitative estimate of drug-likeness (QED) is 0.611. The van der Waals surface area contributed by atoms with Crippen LogP contribution in [0.4, 0.5) is 0 Å². The molecule has 0 unspecified atom stereocenters. The summed E-state index contributed by atoms with van der Waals surface area (Å²) in [7, 11) is 1.74. The third kappa shape index (κ3) is 4.01. The lowest BCUT2D eigenvalue weighted by molar-refractivity contribution is 0.0755. The molecular weight excluding hydrogens is 424 g/mol. The van der Waals surface area contributed by atoms with Gasteiger partial charge in [-0.05, 0) is 50.3 Å². The number of benzene rings is 1. The van der Waals surface area contributed by atoms with Gasteiger partial charge in [-0.2, -0.15) is 0 Å². The van der Waals surface area contributed by atoms with Crippen molar-refractivity contribution < 1.29 is 9.47 Å². The predicted octanol–water partition coefficient (Wildman–Crippen LogP) is 3.56. The van der Waals surface area contributed by atoms with E-state index in [1.807, 2.05) is 19.1 Å². The second-order valence-electron chi connectivity index (χ2n) is 7.10. The second-order valence-corrected chi connectivity index (χ2v) is 8.02. The summed E-state index contributed by atoms with van der Waals surface area (Å²) in [5, 5.41) is 0. The molecule has 7 nitrogen and oxygen atoms in total. The van der Waals surface area contributed by atoms with E-state index < -0.39 is 0 Å². The molecule has 146 valence electrons. The van der Waals surface area contributed by atoms with E-state index in [1.54, 1.807) is 24.0 Å². The van der Waals surface area contributed by atoms with Crippen LogP contribution in [0.25, 0.3) is 11.0 Å². The Labute approximate surface area is 170 Å². The summed E-state index contributed by atoms with van der Waals surface area (Å²) >= 11 is 3.50. The molecule has 0 bridgehead atoms. The van der Waals surface area contributed by atoms with Gasteiger partial charge in [0.15, 0.2) is 0 Å². The summed E-state index contributed by atoms with van der Waals surface area (Å²) in [6.07, 6.45) is 8.45. The molecule has 0 amide bonds. The molecule has 1 saturated carbocycles. The topological polar surface area (TPSA) is 79.1 Å². The van der Waals surface area contributed by atoms with Gasteiger partial charge >= 0.3 is 6.01 Å². The summed E-state index contributed by atoms with van der Waals surface area (Å²) in [4.78, 5) is 24.7. The van der Waals surface area contributed by atoms with Crippen LogP contribution in [0, 0.1) is 6.92 Å². The average Bonchev–Trinajstić information content (AvgIpc) is 2.68. The maximum Gasteiger partial charge on any atom is 0.316 e. The highest BCUT2D eigenvalue weighted by molar-refractivity contribution is 9.10. The molecule has 0 spiro atoms. The summed E-state index contributed by atoms with van der Waals surface area (Å²) in [5.74, 6) is 0.670. The van der Waals surface area contributed by atoms with Crippen molar-refractivity contribution in [2.45, 2.75) is 44.8 Å². The number of aromatic nitrogens is 4. The zero-order valence-electron chi connectivity index (χ0n) is 15.8. The zero-order chi connectivity index (χ0) is 19.7. The number of halogens is 1. The Kier molecular flexibility index (Phi) is 5.30. The normalized spacial score (nSPS) is 19.5. The SMILES string of the molecule is Cc1cnc(O[C@H]2CC[C@@H](Oc3cc(Br)cc4ncc(=O)n(C)c34)CC2)nc1. The van der Waals surface area contributed by atoms with Gasteiger partial charge in [-0.25, -0.2) is 15.0 Å². The van der Waals surface area contributed by atoms with Crippen molar-refractivity contribution in [2.24, 2.45) is 7.05 Å². The summed E-state index contributed by atoms with van der Waals surface area (Å²) in [5.41, 5.74) is 2.28. The van der Waals surface area contributed by atoms with Crippen LogP contribution in [0.3, 0.4) is 0 Å². The minimum absolute atomic E-state index is 0.0617. The molecule has 0 N–H and O–H groups in total. The predicted molar refractivity (Wildman–Crippen MR) is 109 cm³/mol. The Balaban J connectivity index is 1.46. The number of fused-ring (bicyclic) bond motifs is 1. The molecule has 2 heterocycles. The van der Waals surface area contributed by atoms with E-state index in [4.69, 9.17) is 9.47 Å². The number of aryl methyl sites for hydroxylation is 2. The van der Waals surface area contributed by atoms with Gasteiger partial charge in [0.1, 0.15) is 17.4 Å². The first-order valence-electron chi connectivity index (χ1n) is 9.27. The van der Waals surface area contributed by atoms with E-state index in [1.165, 1.54) is 6.20 Å². The minimum Gasteiger partial charge on any atom is -0.488 e. The van der Waals surface area contributed by atoms with Crippen LogP contribution in [0.2, 0.25) is 0 Å². The number of rotatable bonds is 4. The van der Waals surface area contributed by atoms with Crippen LogP contribution in [-0.4, -0.2) is 31.7 Å². The van der Waals surface area contributed by atoms with Crippen LogP contribution in [0.5, 0.6) is 11.8 Å². The highest BCUT2D eigenvalue weighted by atomic mass is 79.9. The van der Waals surface area contributed by atoms with E-state index in [-0.39, 0.29) is 17.8 Å². The molecule has 3 aromatic rings. The number of hydrogen-bond acceptors (Lipinski definition) is 6. The Bertz CT molecular complexity index is 1040. The van der Waals surface area contributed by atoms with Crippen LogP contribution < -0.4 is 15.0 Å². The molecule has 0 aliphatic heterocycles. The van der Waals surface area contributed by atoms with E-state index >= 15 is 0 Å². The highest BCUT2D eigenvalue weighted by Gasteiger charge is 2.25. The average molecular weight is 445 g/mol. The van der Waals surface area contributed by atoms with Gasteiger partial charge in [-0.3, -0.25) is 4.79 Å². The van der Waals surface area contributed by atoms with Crippen LogP contribution >= 0.6 is 15.9 Å². The molecule has 8 heteroatoms. The van der Waals surface area contributed by atoms with Gasteiger partial charge in [0, 0.05) is 23.9 Å². The Morgan fingerprint density at radius 3 is 2.32 bits per heavy atom. The van der Waals surface area contributed by atoms with Gasteiger partial charge in [-0.15, -0.1) is 0 Å². The fourth-order valence-corrected chi connectivity index (χ4v) is 3.87. The monoisotopic (exact) mass is 444 g/mol. The summed E-state index contributed by atoms with van der Waals surface area (Å²) in [6.45, 7) is 1.95. The zero-order valence-corrected chi connectivity index (χ0v) is 17.3. The molecule has 2 aromatic heterocycles. The first kappa shape index (κ1) is 18.9. The third-order valence-corrected chi connectivity index (χ3v) is 5.40.